The van der Waals surface area contributed by atoms with Crippen molar-refractivity contribution >= 4 is 5.91 Å². The molecule has 0 bridgehead atoms. The molecule has 1 aliphatic carbocycles. The van der Waals surface area contributed by atoms with E-state index in [1.54, 1.807) is 11.0 Å². The van der Waals surface area contributed by atoms with E-state index in [4.69, 9.17) is 0 Å². The Bertz CT molecular complexity index is 570. The van der Waals surface area contributed by atoms with Crippen LogP contribution in [0.1, 0.15) is 36.0 Å². The SMILES string of the molecule is CN(C(=O)c1ccc(-n2cncn2)cc1)C1CCCC1. The molecule has 0 unspecified atom stereocenters. The van der Waals surface area contributed by atoms with Crippen molar-refractivity contribution in [3.63, 3.8) is 0 Å². The molecule has 5 nitrogen and oxygen atoms in total. The van der Waals surface area contributed by atoms with Crippen LogP contribution in [0, 0.1) is 0 Å². The Morgan fingerprint density at radius 3 is 2.55 bits per heavy atom. The van der Waals surface area contributed by atoms with E-state index in [-0.39, 0.29) is 5.91 Å². The molecular formula is C15H18N4O. The largest absolute Gasteiger partial charge is 0.339 e. The molecule has 2 aromatic rings. The minimum absolute atomic E-state index is 0.0991. The molecule has 1 aromatic carbocycles. The molecule has 1 heterocycles. The first-order chi connectivity index (χ1) is 9.75. The van der Waals surface area contributed by atoms with Crippen molar-refractivity contribution < 1.29 is 4.79 Å². The first-order valence-corrected chi connectivity index (χ1v) is 6.98. The van der Waals surface area contributed by atoms with Gasteiger partial charge in [0.25, 0.3) is 5.91 Å². The first kappa shape index (κ1) is 12.8. The van der Waals surface area contributed by atoms with Crippen molar-refractivity contribution in [2.75, 3.05) is 7.05 Å². The Morgan fingerprint density at radius 2 is 1.95 bits per heavy atom. The molecule has 1 fully saturated rings. The Balaban J connectivity index is 1.75. The van der Waals surface area contributed by atoms with E-state index in [2.05, 4.69) is 10.1 Å². The molecule has 20 heavy (non-hydrogen) atoms. The highest BCUT2D eigenvalue weighted by Crippen LogP contribution is 2.23. The average Bonchev–Trinajstić information content (AvgIpc) is 3.18. The van der Waals surface area contributed by atoms with Crippen molar-refractivity contribution in [3.8, 4) is 5.69 Å². The lowest BCUT2D eigenvalue weighted by Gasteiger charge is -2.24. The van der Waals surface area contributed by atoms with Gasteiger partial charge < -0.3 is 4.90 Å². The van der Waals surface area contributed by atoms with Crippen LogP contribution in [0.4, 0.5) is 0 Å². The van der Waals surface area contributed by atoms with Crippen LogP contribution in [-0.4, -0.2) is 38.7 Å². The molecule has 0 atom stereocenters. The van der Waals surface area contributed by atoms with Gasteiger partial charge in [-0.2, -0.15) is 5.10 Å². The quantitative estimate of drug-likeness (QED) is 0.859. The lowest BCUT2D eigenvalue weighted by atomic mass is 10.1. The summed E-state index contributed by atoms with van der Waals surface area (Å²) in [5.41, 5.74) is 1.63. The number of hydrogen-bond donors (Lipinski definition) is 0. The lowest BCUT2D eigenvalue weighted by molar-refractivity contribution is 0.0735. The van der Waals surface area contributed by atoms with E-state index >= 15 is 0 Å². The van der Waals surface area contributed by atoms with Gasteiger partial charge in [0, 0.05) is 18.7 Å². The number of rotatable bonds is 3. The number of benzene rings is 1. The zero-order chi connectivity index (χ0) is 13.9. The molecule has 1 saturated carbocycles. The number of amides is 1. The molecule has 3 rings (SSSR count). The Labute approximate surface area is 118 Å². The summed E-state index contributed by atoms with van der Waals surface area (Å²) in [6.45, 7) is 0. The van der Waals surface area contributed by atoms with E-state index in [0.717, 1.165) is 24.1 Å². The topological polar surface area (TPSA) is 51.0 Å². The standard InChI is InChI=1S/C15H18N4O/c1-18(13-4-2-3-5-13)15(20)12-6-8-14(9-7-12)19-11-16-10-17-19/h6-11,13H,2-5H2,1H3. The molecule has 1 aliphatic rings. The molecular weight excluding hydrogens is 252 g/mol. The van der Waals surface area contributed by atoms with Gasteiger partial charge in [-0.05, 0) is 37.1 Å². The molecule has 1 aromatic heterocycles. The minimum Gasteiger partial charge on any atom is -0.339 e. The predicted octanol–water partition coefficient (Wildman–Crippen LogP) is 2.28. The zero-order valence-corrected chi connectivity index (χ0v) is 11.6. The summed E-state index contributed by atoms with van der Waals surface area (Å²) in [5.74, 6) is 0.0991. The van der Waals surface area contributed by atoms with Gasteiger partial charge in [0.05, 0.1) is 5.69 Å². The molecule has 1 amide bonds. The smallest absolute Gasteiger partial charge is 0.253 e. The zero-order valence-electron chi connectivity index (χ0n) is 11.6. The number of nitrogens with zero attached hydrogens (tertiary/aromatic N) is 4. The van der Waals surface area contributed by atoms with Crippen LogP contribution < -0.4 is 0 Å². The summed E-state index contributed by atoms with van der Waals surface area (Å²) >= 11 is 0. The van der Waals surface area contributed by atoms with E-state index in [1.165, 1.54) is 19.2 Å². The maximum Gasteiger partial charge on any atom is 0.253 e. The second-order valence-corrected chi connectivity index (χ2v) is 5.24. The van der Waals surface area contributed by atoms with Crippen molar-refractivity contribution in [2.45, 2.75) is 31.7 Å². The Hall–Kier alpha value is -2.17. The third-order valence-electron chi connectivity index (χ3n) is 3.99. The van der Waals surface area contributed by atoms with Crippen molar-refractivity contribution in [1.82, 2.24) is 19.7 Å². The Morgan fingerprint density at radius 1 is 1.25 bits per heavy atom. The van der Waals surface area contributed by atoms with Gasteiger partial charge in [0.1, 0.15) is 12.7 Å². The molecule has 0 aliphatic heterocycles. The summed E-state index contributed by atoms with van der Waals surface area (Å²) in [5, 5.41) is 4.07. The summed E-state index contributed by atoms with van der Waals surface area (Å²) in [6, 6.07) is 7.89. The average molecular weight is 270 g/mol. The van der Waals surface area contributed by atoms with E-state index in [1.807, 2.05) is 36.2 Å². The summed E-state index contributed by atoms with van der Waals surface area (Å²) in [6.07, 6.45) is 7.84. The highest BCUT2D eigenvalue weighted by atomic mass is 16.2. The number of carbonyl (C=O) groups is 1. The maximum atomic E-state index is 12.4. The number of carbonyl (C=O) groups excluding carboxylic acids is 1. The minimum atomic E-state index is 0.0991. The summed E-state index contributed by atoms with van der Waals surface area (Å²) in [7, 11) is 1.91. The van der Waals surface area contributed by atoms with Crippen molar-refractivity contribution in [1.29, 1.82) is 0 Å². The lowest BCUT2D eigenvalue weighted by Crippen LogP contribution is -2.35. The van der Waals surface area contributed by atoms with E-state index in [9.17, 15) is 4.79 Å². The van der Waals surface area contributed by atoms with Gasteiger partial charge in [-0.1, -0.05) is 12.8 Å². The fraction of sp³-hybridized carbons (Fsp3) is 0.400. The molecule has 0 saturated heterocycles. The summed E-state index contributed by atoms with van der Waals surface area (Å²) < 4.78 is 1.68. The van der Waals surface area contributed by atoms with Crippen LogP contribution in [-0.2, 0) is 0 Å². The monoisotopic (exact) mass is 270 g/mol. The molecule has 104 valence electrons. The normalized spacial score (nSPS) is 15.4. The van der Waals surface area contributed by atoms with Gasteiger partial charge in [0.15, 0.2) is 0 Å². The second-order valence-electron chi connectivity index (χ2n) is 5.24. The Kier molecular flexibility index (Phi) is 3.50. The number of hydrogen-bond acceptors (Lipinski definition) is 3. The first-order valence-electron chi connectivity index (χ1n) is 6.98. The van der Waals surface area contributed by atoms with Gasteiger partial charge in [-0.15, -0.1) is 0 Å². The molecule has 0 radical (unpaired) electrons. The van der Waals surface area contributed by atoms with Crippen molar-refractivity contribution in [3.05, 3.63) is 42.5 Å². The highest BCUT2D eigenvalue weighted by molar-refractivity contribution is 5.94. The van der Waals surface area contributed by atoms with Crippen LogP contribution in [0.25, 0.3) is 5.69 Å². The van der Waals surface area contributed by atoms with Crippen LogP contribution in [0.5, 0.6) is 0 Å². The predicted molar refractivity (Wildman–Crippen MR) is 75.7 cm³/mol. The third kappa shape index (κ3) is 2.43. The van der Waals surface area contributed by atoms with Crippen molar-refractivity contribution in [2.24, 2.45) is 0 Å². The highest BCUT2D eigenvalue weighted by Gasteiger charge is 2.24. The van der Waals surface area contributed by atoms with Crippen LogP contribution in [0.15, 0.2) is 36.9 Å². The van der Waals surface area contributed by atoms with Crippen LogP contribution in [0.2, 0.25) is 0 Å². The van der Waals surface area contributed by atoms with E-state index in [0.29, 0.717) is 6.04 Å². The van der Waals surface area contributed by atoms with Gasteiger partial charge in [-0.25, -0.2) is 9.67 Å². The third-order valence-corrected chi connectivity index (χ3v) is 3.99. The maximum absolute atomic E-state index is 12.4. The fourth-order valence-electron chi connectivity index (χ4n) is 2.76. The number of aromatic nitrogens is 3. The molecule has 0 N–H and O–H groups in total. The fourth-order valence-corrected chi connectivity index (χ4v) is 2.76. The summed E-state index contributed by atoms with van der Waals surface area (Å²) in [4.78, 5) is 18.2. The van der Waals surface area contributed by atoms with Gasteiger partial charge in [-0.3, -0.25) is 4.79 Å². The molecule has 5 heteroatoms. The van der Waals surface area contributed by atoms with Gasteiger partial charge in [0.2, 0.25) is 0 Å². The molecule has 0 spiro atoms. The van der Waals surface area contributed by atoms with Gasteiger partial charge >= 0.3 is 0 Å². The van der Waals surface area contributed by atoms with Crippen LogP contribution >= 0.6 is 0 Å². The van der Waals surface area contributed by atoms with Crippen LogP contribution in [0.3, 0.4) is 0 Å². The van der Waals surface area contributed by atoms with E-state index < -0.39 is 0 Å². The second kappa shape index (κ2) is 5.45.